The highest BCUT2D eigenvalue weighted by Crippen LogP contribution is 2.43. The fourth-order valence-corrected chi connectivity index (χ4v) is 4.25. The molecule has 1 aromatic heterocycles. The first-order valence-electron chi connectivity index (χ1n) is 8.99. The smallest absolute Gasteiger partial charge is 0.371 e. The van der Waals surface area contributed by atoms with Crippen LogP contribution in [0.15, 0.2) is 60.0 Å². The summed E-state index contributed by atoms with van der Waals surface area (Å²) in [6.07, 6.45) is 5.21. The molecule has 1 aliphatic carbocycles. The molecular weight excluding hydrogens is 410 g/mol. The van der Waals surface area contributed by atoms with Crippen LogP contribution in [0.25, 0.3) is 0 Å². The Labute approximate surface area is 173 Å². The average Bonchev–Trinajstić information content (AvgIpc) is 3.21. The van der Waals surface area contributed by atoms with Gasteiger partial charge in [0.25, 0.3) is 0 Å². The highest BCUT2D eigenvalue weighted by atomic mass is 32.2. The summed E-state index contributed by atoms with van der Waals surface area (Å²) in [5.41, 5.74) is 9.68. The number of nitrogens with zero attached hydrogens (tertiary/aromatic N) is 3. The molecule has 3 aromatic rings. The molecule has 0 atom stereocenters. The first-order chi connectivity index (χ1) is 13.8. The van der Waals surface area contributed by atoms with Crippen molar-refractivity contribution in [3.8, 4) is 5.75 Å². The van der Waals surface area contributed by atoms with Gasteiger partial charge in [-0.25, -0.2) is 9.67 Å². The van der Waals surface area contributed by atoms with Gasteiger partial charge in [-0.3, -0.25) is 0 Å². The van der Waals surface area contributed by atoms with Crippen molar-refractivity contribution in [2.24, 2.45) is 10.9 Å². The van der Waals surface area contributed by atoms with E-state index in [2.05, 4.69) is 32.5 Å². The molecule has 0 unspecified atom stereocenters. The molecule has 1 saturated carbocycles. The molecule has 4 N–H and O–H groups in total. The first kappa shape index (κ1) is 19.9. The predicted octanol–water partition coefficient (Wildman–Crippen LogP) is 2.15. The van der Waals surface area contributed by atoms with Crippen molar-refractivity contribution in [1.82, 2.24) is 14.8 Å². The molecule has 1 fully saturated rings. The van der Waals surface area contributed by atoms with Crippen molar-refractivity contribution < 1.29 is 12.6 Å². The minimum absolute atomic E-state index is 0.188. The molecule has 0 bridgehead atoms. The minimum Gasteiger partial charge on any atom is -0.371 e. The van der Waals surface area contributed by atoms with Gasteiger partial charge in [0, 0.05) is 16.2 Å². The van der Waals surface area contributed by atoms with Crippen molar-refractivity contribution in [3.05, 3.63) is 71.8 Å². The van der Waals surface area contributed by atoms with Crippen molar-refractivity contribution in [2.75, 3.05) is 0 Å². The number of nitrogens with two attached hydrogens (primary N) is 2. The molecular formula is C19H21N5O3S2. The Balaban J connectivity index is 1.49. The van der Waals surface area contributed by atoms with Gasteiger partial charge in [0.05, 0.1) is 6.54 Å². The third kappa shape index (κ3) is 5.36. The maximum atomic E-state index is 11.0. The number of hydrogen-bond acceptors (Lipinski definition) is 7. The first-order valence-corrected chi connectivity index (χ1v) is 11.4. The van der Waals surface area contributed by atoms with Crippen LogP contribution >= 0.6 is 11.8 Å². The summed E-state index contributed by atoms with van der Waals surface area (Å²) >= 11 is 1.64. The third-order valence-electron chi connectivity index (χ3n) is 4.67. The molecule has 8 nitrogen and oxygen atoms in total. The molecule has 29 heavy (non-hydrogen) atoms. The molecule has 0 amide bonds. The van der Waals surface area contributed by atoms with E-state index < -0.39 is 10.3 Å². The zero-order valence-electron chi connectivity index (χ0n) is 15.6. The van der Waals surface area contributed by atoms with Gasteiger partial charge in [-0.1, -0.05) is 18.2 Å². The number of aromatic nitrogens is 3. The lowest BCUT2D eigenvalue weighted by Crippen LogP contribution is -2.19. The quantitative estimate of drug-likeness (QED) is 0.523. The summed E-state index contributed by atoms with van der Waals surface area (Å²) in [5.74, 6) is 0.941. The van der Waals surface area contributed by atoms with Crippen LogP contribution in [-0.4, -0.2) is 23.2 Å². The zero-order valence-corrected chi connectivity index (χ0v) is 17.2. The van der Waals surface area contributed by atoms with Crippen LogP contribution in [0.3, 0.4) is 0 Å². The van der Waals surface area contributed by atoms with Crippen LogP contribution in [0.2, 0.25) is 0 Å². The maximum Gasteiger partial charge on any atom is 0.380 e. The third-order valence-corrected chi connectivity index (χ3v) is 6.18. The monoisotopic (exact) mass is 431 g/mol. The molecule has 0 saturated heterocycles. The largest absolute Gasteiger partial charge is 0.380 e. The standard InChI is InChI=1S/C19H21N5O3S2/c20-19(5-6-19)16-8-14(10-24-13-22-12-23-24)7-15(9-16)11-28-18-3-1-17(2-4-18)27-29(21,25)26/h1-4,7-9,12-13H,5-6,10-11,20H2,(H2,21,25,26). The van der Waals surface area contributed by atoms with Gasteiger partial charge in [-0.2, -0.15) is 18.7 Å². The fraction of sp³-hybridized carbons (Fsp3) is 0.263. The molecule has 10 heteroatoms. The van der Waals surface area contributed by atoms with Crippen LogP contribution < -0.4 is 15.1 Å². The van der Waals surface area contributed by atoms with Gasteiger partial charge in [0.1, 0.15) is 18.4 Å². The van der Waals surface area contributed by atoms with E-state index >= 15 is 0 Å². The topological polar surface area (TPSA) is 126 Å². The van der Waals surface area contributed by atoms with Gasteiger partial charge < -0.3 is 9.92 Å². The Morgan fingerprint density at radius 1 is 1.14 bits per heavy atom. The minimum atomic E-state index is -4.01. The summed E-state index contributed by atoms with van der Waals surface area (Å²) in [4.78, 5) is 4.99. The summed E-state index contributed by atoms with van der Waals surface area (Å²) in [5, 5.41) is 9.06. The van der Waals surface area contributed by atoms with Crippen LogP contribution in [0, 0.1) is 0 Å². The Morgan fingerprint density at radius 3 is 2.48 bits per heavy atom. The van der Waals surface area contributed by atoms with Crippen LogP contribution in [0.4, 0.5) is 0 Å². The SMILES string of the molecule is NC1(c2cc(CSc3ccc(OS(N)(=O)=O)cc3)cc(Cn3cncn3)c2)CC1. The fourth-order valence-electron chi connectivity index (χ4n) is 3.04. The number of rotatable bonds is 8. The molecule has 1 aliphatic rings. The summed E-state index contributed by atoms with van der Waals surface area (Å²) in [6, 6.07) is 13.2. The van der Waals surface area contributed by atoms with Gasteiger partial charge in [-0.15, -0.1) is 11.8 Å². The van der Waals surface area contributed by atoms with Gasteiger partial charge in [0.2, 0.25) is 0 Å². The second-order valence-electron chi connectivity index (χ2n) is 7.12. The van der Waals surface area contributed by atoms with Crippen LogP contribution in [0.5, 0.6) is 5.75 Å². The van der Waals surface area contributed by atoms with E-state index in [-0.39, 0.29) is 11.3 Å². The normalized spacial score (nSPS) is 15.2. The lowest BCUT2D eigenvalue weighted by atomic mass is 9.99. The summed E-state index contributed by atoms with van der Waals surface area (Å²) in [6.45, 7) is 0.640. The Morgan fingerprint density at radius 2 is 1.86 bits per heavy atom. The van der Waals surface area contributed by atoms with Crippen molar-refractivity contribution in [2.45, 2.75) is 35.6 Å². The lowest BCUT2D eigenvalue weighted by molar-refractivity contribution is 0.487. The molecule has 4 rings (SSSR count). The second-order valence-corrected chi connectivity index (χ2v) is 9.32. The van der Waals surface area contributed by atoms with Gasteiger partial charge in [0.15, 0.2) is 0 Å². The Hall–Kier alpha value is -2.40. The molecule has 152 valence electrons. The molecule has 0 spiro atoms. The van der Waals surface area contributed by atoms with E-state index in [1.807, 2.05) is 0 Å². The second kappa shape index (κ2) is 7.79. The molecule has 0 aliphatic heterocycles. The van der Waals surface area contributed by atoms with E-state index in [0.717, 1.165) is 34.6 Å². The van der Waals surface area contributed by atoms with E-state index in [4.69, 9.17) is 10.9 Å². The lowest BCUT2D eigenvalue weighted by Gasteiger charge is -2.14. The van der Waals surface area contributed by atoms with Gasteiger partial charge in [-0.05, 0) is 53.8 Å². The van der Waals surface area contributed by atoms with Crippen molar-refractivity contribution in [1.29, 1.82) is 0 Å². The number of hydrogen-bond donors (Lipinski definition) is 2. The van der Waals surface area contributed by atoms with E-state index in [0.29, 0.717) is 6.54 Å². The molecule has 0 radical (unpaired) electrons. The Kier molecular flexibility index (Phi) is 5.34. The van der Waals surface area contributed by atoms with Gasteiger partial charge >= 0.3 is 10.3 Å². The maximum absolute atomic E-state index is 11.0. The van der Waals surface area contributed by atoms with E-state index in [1.54, 1.807) is 47.0 Å². The Bertz CT molecular complexity index is 1100. The van der Waals surface area contributed by atoms with E-state index in [1.165, 1.54) is 11.9 Å². The highest BCUT2D eigenvalue weighted by molar-refractivity contribution is 7.98. The zero-order chi connectivity index (χ0) is 20.5. The molecule has 2 aromatic carbocycles. The van der Waals surface area contributed by atoms with E-state index in [9.17, 15) is 8.42 Å². The van der Waals surface area contributed by atoms with Crippen molar-refractivity contribution in [3.63, 3.8) is 0 Å². The summed E-state index contributed by atoms with van der Waals surface area (Å²) < 4.78 is 28.4. The van der Waals surface area contributed by atoms with Crippen LogP contribution in [-0.2, 0) is 28.1 Å². The number of benzene rings is 2. The van der Waals surface area contributed by atoms with Crippen molar-refractivity contribution >= 4 is 22.1 Å². The average molecular weight is 432 g/mol. The molecule has 1 heterocycles. The number of thioether (sulfide) groups is 1. The summed E-state index contributed by atoms with van der Waals surface area (Å²) in [7, 11) is -4.01. The van der Waals surface area contributed by atoms with Crippen LogP contribution in [0.1, 0.15) is 29.5 Å². The highest BCUT2D eigenvalue weighted by Gasteiger charge is 2.40. The predicted molar refractivity (Wildman–Crippen MR) is 110 cm³/mol.